The molecule has 7 nitrogen and oxygen atoms in total. The fourth-order valence-electron chi connectivity index (χ4n) is 5.82. The van der Waals surface area contributed by atoms with Gasteiger partial charge >= 0.3 is 0 Å². The zero-order valence-corrected chi connectivity index (χ0v) is 18.8. The Morgan fingerprint density at radius 2 is 1.94 bits per heavy atom. The predicted octanol–water partition coefficient (Wildman–Crippen LogP) is 2.77. The van der Waals surface area contributed by atoms with E-state index < -0.39 is 6.04 Å². The van der Waals surface area contributed by atoms with Crippen molar-refractivity contribution in [3.63, 3.8) is 0 Å². The third kappa shape index (κ3) is 4.27. The smallest absolute Gasteiger partial charge is 0.255 e. The molecule has 1 aromatic carbocycles. The maximum Gasteiger partial charge on any atom is 0.255 e. The van der Waals surface area contributed by atoms with Crippen molar-refractivity contribution in [2.45, 2.75) is 83.0 Å². The highest BCUT2D eigenvalue weighted by Gasteiger charge is 2.39. The van der Waals surface area contributed by atoms with E-state index in [0.29, 0.717) is 24.6 Å². The number of benzene rings is 1. The molecule has 3 atom stereocenters. The summed E-state index contributed by atoms with van der Waals surface area (Å²) in [5, 5.41) is 6.12. The van der Waals surface area contributed by atoms with E-state index in [0.717, 1.165) is 42.5 Å². The highest BCUT2D eigenvalue weighted by molar-refractivity contribution is 6.05. The second-order valence-electron chi connectivity index (χ2n) is 10.1. The minimum Gasteiger partial charge on any atom is -0.489 e. The molecule has 3 amide bonds. The Labute approximate surface area is 189 Å². The van der Waals surface area contributed by atoms with Crippen molar-refractivity contribution in [2.75, 3.05) is 6.54 Å². The standard InChI is InChI=1S/C25H33N3O4/c1-15-10-16(11-15)13-26-20-4-2-3-5-22(20)32-18-6-7-19-17(12-18)14-28(25(19)31)21-8-9-23(29)27-24(21)30/h6-7,12,15-16,20-22,26H,2-5,8-11,13-14H2,1H3,(H,27,29,30)/t15?,16?,20?,21?,22-/m0/s1. The van der Waals surface area contributed by atoms with Crippen LogP contribution < -0.4 is 15.4 Å². The quantitative estimate of drug-likeness (QED) is 0.666. The minimum absolute atomic E-state index is 0.141. The van der Waals surface area contributed by atoms with Gasteiger partial charge in [0.05, 0.1) is 0 Å². The van der Waals surface area contributed by atoms with Crippen LogP contribution in [0.3, 0.4) is 0 Å². The van der Waals surface area contributed by atoms with E-state index >= 15 is 0 Å². The van der Waals surface area contributed by atoms with Gasteiger partial charge < -0.3 is 15.0 Å². The number of carbonyl (C=O) groups is 3. The van der Waals surface area contributed by atoms with Crippen LogP contribution in [-0.4, -0.2) is 47.4 Å². The van der Waals surface area contributed by atoms with Gasteiger partial charge in [0.25, 0.3) is 5.91 Å². The molecule has 0 radical (unpaired) electrons. The monoisotopic (exact) mass is 439 g/mol. The second kappa shape index (κ2) is 8.85. The summed E-state index contributed by atoms with van der Waals surface area (Å²) in [5.74, 6) is 1.67. The van der Waals surface area contributed by atoms with Crippen LogP contribution in [-0.2, 0) is 16.1 Å². The molecule has 0 aromatic heterocycles. The number of rotatable bonds is 6. The first kappa shape index (κ1) is 21.4. The number of hydrogen-bond acceptors (Lipinski definition) is 5. The van der Waals surface area contributed by atoms with Crippen molar-refractivity contribution in [2.24, 2.45) is 11.8 Å². The van der Waals surface area contributed by atoms with Crippen LogP contribution in [0, 0.1) is 11.8 Å². The Morgan fingerprint density at radius 3 is 2.72 bits per heavy atom. The Morgan fingerprint density at radius 1 is 1.12 bits per heavy atom. The molecular formula is C25H33N3O4. The molecule has 2 aliphatic heterocycles. The fraction of sp³-hybridized carbons (Fsp3) is 0.640. The third-order valence-corrected chi connectivity index (χ3v) is 7.63. The van der Waals surface area contributed by atoms with Crippen molar-refractivity contribution in [3.8, 4) is 5.75 Å². The van der Waals surface area contributed by atoms with Gasteiger partial charge in [-0.05, 0) is 80.7 Å². The Hall–Kier alpha value is -2.41. The number of hydrogen-bond donors (Lipinski definition) is 2. The van der Waals surface area contributed by atoms with E-state index in [4.69, 9.17) is 4.74 Å². The Balaban J connectivity index is 1.23. The molecule has 2 saturated carbocycles. The van der Waals surface area contributed by atoms with Gasteiger partial charge in [0.15, 0.2) is 0 Å². The molecule has 1 aromatic rings. The number of carbonyl (C=O) groups excluding carboxylic acids is 3. The molecule has 0 bridgehead atoms. The number of amides is 3. The molecule has 2 N–H and O–H groups in total. The summed E-state index contributed by atoms with van der Waals surface area (Å²) >= 11 is 0. The van der Waals surface area contributed by atoms with Gasteiger partial charge in [-0.15, -0.1) is 0 Å². The molecule has 7 heteroatoms. The summed E-state index contributed by atoms with van der Waals surface area (Å²) in [6, 6.07) is 5.44. The lowest BCUT2D eigenvalue weighted by Gasteiger charge is -2.37. The maximum absolute atomic E-state index is 12.9. The lowest BCUT2D eigenvalue weighted by atomic mass is 9.76. The van der Waals surface area contributed by atoms with Crippen LogP contribution in [0.1, 0.15) is 74.2 Å². The van der Waals surface area contributed by atoms with Crippen LogP contribution in [0.25, 0.3) is 0 Å². The lowest BCUT2D eigenvalue weighted by Crippen LogP contribution is -2.52. The van der Waals surface area contributed by atoms with Gasteiger partial charge in [-0.2, -0.15) is 0 Å². The van der Waals surface area contributed by atoms with E-state index in [2.05, 4.69) is 17.6 Å². The molecule has 0 spiro atoms. The lowest BCUT2D eigenvalue weighted by molar-refractivity contribution is -0.136. The fourth-order valence-corrected chi connectivity index (χ4v) is 5.82. The number of fused-ring (bicyclic) bond motifs is 1. The average Bonchev–Trinajstić information content (AvgIpc) is 3.07. The highest BCUT2D eigenvalue weighted by Crippen LogP contribution is 2.34. The average molecular weight is 440 g/mol. The molecule has 172 valence electrons. The summed E-state index contributed by atoms with van der Waals surface area (Å²) < 4.78 is 6.43. The van der Waals surface area contributed by atoms with Gasteiger partial charge in [-0.1, -0.05) is 13.3 Å². The summed E-state index contributed by atoms with van der Waals surface area (Å²) in [6.45, 7) is 3.78. The Bertz CT molecular complexity index is 910. The number of piperidine rings is 1. The summed E-state index contributed by atoms with van der Waals surface area (Å²) in [7, 11) is 0. The first-order chi connectivity index (χ1) is 15.5. The second-order valence-corrected chi connectivity index (χ2v) is 10.1. The van der Waals surface area contributed by atoms with Crippen molar-refractivity contribution in [1.82, 2.24) is 15.5 Å². The van der Waals surface area contributed by atoms with Crippen molar-refractivity contribution in [1.29, 1.82) is 0 Å². The zero-order valence-electron chi connectivity index (χ0n) is 18.8. The molecule has 2 unspecified atom stereocenters. The topological polar surface area (TPSA) is 87.7 Å². The minimum atomic E-state index is -0.585. The summed E-state index contributed by atoms with van der Waals surface area (Å²) in [6.07, 6.45) is 8.03. The molecule has 5 rings (SSSR count). The van der Waals surface area contributed by atoms with Crippen LogP contribution in [0.4, 0.5) is 0 Å². The van der Waals surface area contributed by atoms with Crippen molar-refractivity contribution < 1.29 is 19.1 Å². The van der Waals surface area contributed by atoms with Gasteiger partial charge in [0.2, 0.25) is 11.8 Å². The molecule has 4 aliphatic rings. The third-order valence-electron chi connectivity index (χ3n) is 7.63. The number of imide groups is 1. The van der Waals surface area contributed by atoms with Crippen LogP contribution in [0.15, 0.2) is 18.2 Å². The van der Waals surface area contributed by atoms with Crippen LogP contribution >= 0.6 is 0 Å². The van der Waals surface area contributed by atoms with Crippen molar-refractivity contribution >= 4 is 17.7 Å². The van der Waals surface area contributed by atoms with Crippen molar-refractivity contribution in [3.05, 3.63) is 29.3 Å². The number of nitrogens with one attached hydrogen (secondary N) is 2. The van der Waals surface area contributed by atoms with Crippen LogP contribution in [0.5, 0.6) is 5.75 Å². The number of nitrogens with zero attached hydrogens (tertiary/aromatic N) is 1. The summed E-state index contributed by atoms with van der Waals surface area (Å²) in [4.78, 5) is 38.2. The zero-order chi connectivity index (χ0) is 22.2. The van der Waals surface area contributed by atoms with Crippen LogP contribution in [0.2, 0.25) is 0 Å². The van der Waals surface area contributed by atoms with E-state index in [1.54, 1.807) is 4.90 Å². The van der Waals surface area contributed by atoms with Gasteiger partial charge in [-0.25, -0.2) is 0 Å². The van der Waals surface area contributed by atoms with E-state index in [9.17, 15) is 14.4 Å². The van der Waals surface area contributed by atoms with E-state index in [1.807, 2.05) is 18.2 Å². The van der Waals surface area contributed by atoms with Gasteiger partial charge in [0.1, 0.15) is 17.9 Å². The molecule has 2 heterocycles. The van der Waals surface area contributed by atoms with Gasteiger partial charge in [-0.3, -0.25) is 19.7 Å². The molecule has 2 aliphatic carbocycles. The first-order valence-corrected chi connectivity index (χ1v) is 12.2. The number of ether oxygens (including phenoxy) is 1. The Kier molecular flexibility index (Phi) is 5.93. The molecule has 32 heavy (non-hydrogen) atoms. The normalized spacial score (nSPS) is 32.3. The molecular weight excluding hydrogens is 406 g/mol. The van der Waals surface area contributed by atoms with E-state index in [1.165, 1.54) is 25.7 Å². The highest BCUT2D eigenvalue weighted by atomic mass is 16.5. The van der Waals surface area contributed by atoms with Gasteiger partial charge in [0, 0.05) is 24.6 Å². The largest absolute Gasteiger partial charge is 0.489 e. The maximum atomic E-state index is 12.9. The predicted molar refractivity (Wildman–Crippen MR) is 119 cm³/mol. The SMILES string of the molecule is CC1CC(CNC2CCCC[C@@H]2Oc2ccc3c(c2)CN(C2CCC(=O)NC2=O)C3=O)C1. The summed E-state index contributed by atoms with van der Waals surface area (Å²) in [5.41, 5.74) is 1.51. The first-order valence-electron chi connectivity index (χ1n) is 12.2. The molecule has 1 saturated heterocycles. The van der Waals surface area contributed by atoms with E-state index in [-0.39, 0.29) is 30.2 Å². The molecule has 3 fully saturated rings.